The minimum absolute atomic E-state index is 0.00435. The summed E-state index contributed by atoms with van der Waals surface area (Å²) in [5.41, 5.74) is 12.3. The van der Waals surface area contributed by atoms with E-state index < -0.39 is 29.6 Å². The Balaban J connectivity index is 1.63. The van der Waals surface area contributed by atoms with Crippen LogP contribution >= 0.6 is 0 Å². The summed E-state index contributed by atoms with van der Waals surface area (Å²) in [5, 5.41) is 15.7. The number of aromatic nitrogens is 4. The van der Waals surface area contributed by atoms with Gasteiger partial charge in [-0.3, -0.25) is 4.79 Å². The number of carbonyl (C=O) groups excluding carboxylic acids is 3. The molecule has 0 bridgehead atoms. The number of ether oxygens (including phenoxy) is 2. The number of hydrogen-bond donors (Lipinski definition) is 5. The molecule has 1 atom stereocenters. The maximum Gasteiger partial charge on any atom is 0.407 e. The third-order valence-corrected chi connectivity index (χ3v) is 5.31. The normalized spacial score (nSPS) is 12.2. The molecule has 0 aliphatic carbocycles. The number of alkyl carbamates (subject to hydrolysis) is 1. The van der Waals surface area contributed by atoms with Gasteiger partial charge in [0.25, 0.3) is 5.91 Å². The van der Waals surface area contributed by atoms with Crippen LogP contribution in [0.4, 0.5) is 16.6 Å². The van der Waals surface area contributed by atoms with Gasteiger partial charge in [0.2, 0.25) is 5.95 Å². The lowest BCUT2D eigenvalue weighted by Gasteiger charge is -2.20. The van der Waals surface area contributed by atoms with Crippen LogP contribution in [0.5, 0.6) is 5.75 Å². The average molecular weight is 553 g/mol. The van der Waals surface area contributed by atoms with Crippen LogP contribution < -0.4 is 22.1 Å². The van der Waals surface area contributed by atoms with Gasteiger partial charge in [-0.25, -0.2) is 19.6 Å². The summed E-state index contributed by atoms with van der Waals surface area (Å²) < 4.78 is 9.95. The van der Waals surface area contributed by atoms with Crippen LogP contribution in [-0.2, 0) is 14.3 Å². The number of nitrogens with one attached hydrogen (secondary N) is 2. The first kappa shape index (κ1) is 29.5. The predicted octanol–water partition coefficient (Wildman–Crippen LogP) is 2.04. The summed E-state index contributed by atoms with van der Waals surface area (Å²) in [7, 11) is 1.20. The van der Waals surface area contributed by atoms with Crippen molar-refractivity contribution in [3.8, 4) is 5.75 Å². The molecule has 0 saturated heterocycles. The Hall–Kier alpha value is -5.01. The van der Waals surface area contributed by atoms with Crippen molar-refractivity contribution >= 4 is 53.1 Å². The summed E-state index contributed by atoms with van der Waals surface area (Å²) in [6, 6.07) is 3.42. The Kier molecular flexibility index (Phi) is 9.37. The van der Waals surface area contributed by atoms with E-state index in [9.17, 15) is 19.5 Å². The minimum Gasteiger partial charge on any atom is -0.507 e. The summed E-state index contributed by atoms with van der Waals surface area (Å²) in [4.78, 5) is 53.2. The molecular formula is C26H32N8O6. The number of benzene rings is 1. The van der Waals surface area contributed by atoms with Crippen molar-refractivity contribution in [1.82, 2.24) is 30.6 Å². The number of nitrogen functional groups attached to an aromatic ring is 2. The molecule has 0 fully saturated rings. The molecule has 0 radical (unpaired) electrons. The molecule has 2 heterocycles. The third-order valence-electron chi connectivity index (χ3n) is 5.31. The molecule has 2 aromatic heterocycles. The number of phenols is 1. The van der Waals surface area contributed by atoms with E-state index in [0.29, 0.717) is 23.2 Å². The molecule has 0 saturated carbocycles. The number of phenolic OH excluding ortho intramolecular Hbond substituents is 1. The fourth-order valence-corrected chi connectivity index (χ4v) is 3.50. The number of anilines is 2. The molecule has 1 aromatic carbocycles. The van der Waals surface area contributed by atoms with Crippen molar-refractivity contribution in [1.29, 1.82) is 0 Å². The second-order valence-corrected chi connectivity index (χ2v) is 9.66. The van der Waals surface area contributed by atoms with Crippen molar-refractivity contribution in [2.45, 2.75) is 45.3 Å². The second kappa shape index (κ2) is 12.7. The van der Waals surface area contributed by atoms with Crippen molar-refractivity contribution in [3.63, 3.8) is 0 Å². The van der Waals surface area contributed by atoms with E-state index in [1.54, 1.807) is 39.0 Å². The van der Waals surface area contributed by atoms with Crippen LogP contribution in [-0.4, -0.2) is 68.3 Å². The molecular weight excluding hydrogens is 520 g/mol. The number of nitrogens with two attached hydrogens (primary N) is 2. The molecule has 212 valence electrons. The van der Waals surface area contributed by atoms with Gasteiger partial charge in [0, 0.05) is 6.54 Å². The quantitative estimate of drug-likeness (QED) is 0.190. The van der Waals surface area contributed by atoms with E-state index in [2.05, 4.69) is 30.6 Å². The Bertz CT molecular complexity index is 1440. The van der Waals surface area contributed by atoms with Gasteiger partial charge in [-0.05, 0) is 57.4 Å². The second-order valence-electron chi connectivity index (χ2n) is 9.66. The Morgan fingerprint density at radius 1 is 1.12 bits per heavy atom. The number of rotatable bonds is 9. The smallest absolute Gasteiger partial charge is 0.407 e. The molecule has 3 aromatic rings. The molecule has 7 N–H and O–H groups in total. The van der Waals surface area contributed by atoms with Gasteiger partial charge in [0.05, 0.1) is 24.6 Å². The average Bonchev–Trinajstić information content (AvgIpc) is 2.87. The topological polar surface area (TPSA) is 218 Å². The highest BCUT2D eigenvalue weighted by molar-refractivity contribution is 5.99. The molecule has 40 heavy (non-hydrogen) atoms. The van der Waals surface area contributed by atoms with E-state index in [1.807, 2.05) is 0 Å². The molecule has 0 spiro atoms. The van der Waals surface area contributed by atoms with E-state index >= 15 is 0 Å². The zero-order valence-corrected chi connectivity index (χ0v) is 22.6. The Morgan fingerprint density at radius 3 is 2.55 bits per heavy atom. The largest absolute Gasteiger partial charge is 0.507 e. The number of aromatic hydroxyl groups is 1. The maximum absolute atomic E-state index is 12.8. The summed E-state index contributed by atoms with van der Waals surface area (Å²) in [6.07, 6.45) is 4.72. The van der Waals surface area contributed by atoms with Gasteiger partial charge in [0.15, 0.2) is 17.0 Å². The van der Waals surface area contributed by atoms with Crippen molar-refractivity contribution in [2.24, 2.45) is 0 Å². The molecule has 14 nitrogen and oxygen atoms in total. The standard InChI is InChI=1S/C26H32N8O6/c1-26(2,3)40-25(38)29-11-5-6-17(23(37)39-4)32-22(36)16-10-8-14(12-18(16)35)7-9-15-13-30-21-19(31-15)20(27)33-24(28)34-21/h7-10,12-13,17,35H,5-6,11H2,1-4H3,(H,29,38)(H,32,36)(H4,27,28,30,33,34)/b9-7+/t17-/m0/s1. The number of amides is 2. The fraction of sp³-hybridized carbons (Fsp3) is 0.346. The summed E-state index contributed by atoms with van der Waals surface area (Å²) >= 11 is 0. The fourth-order valence-electron chi connectivity index (χ4n) is 3.50. The van der Waals surface area contributed by atoms with E-state index in [-0.39, 0.29) is 41.7 Å². The lowest BCUT2D eigenvalue weighted by atomic mass is 10.1. The van der Waals surface area contributed by atoms with Gasteiger partial charge in [-0.2, -0.15) is 9.97 Å². The number of esters is 1. The molecule has 3 rings (SSSR count). The number of nitrogens with zero attached hydrogens (tertiary/aromatic N) is 4. The van der Waals surface area contributed by atoms with Crippen molar-refractivity contribution < 1.29 is 29.0 Å². The number of fused-ring (bicyclic) bond motifs is 1. The van der Waals surface area contributed by atoms with Gasteiger partial charge >= 0.3 is 12.1 Å². The summed E-state index contributed by atoms with van der Waals surface area (Å²) in [6.45, 7) is 5.46. The molecule has 0 aliphatic rings. The van der Waals surface area contributed by atoms with Crippen LogP contribution in [0.25, 0.3) is 23.3 Å². The first-order valence-corrected chi connectivity index (χ1v) is 12.3. The van der Waals surface area contributed by atoms with Crippen LogP contribution in [0.3, 0.4) is 0 Å². The zero-order chi connectivity index (χ0) is 29.4. The highest BCUT2D eigenvalue weighted by Crippen LogP contribution is 2.21. The molecule has 2 amide bonds. The van der Waals surface area contributed by atoms with Crippen LogP contribution in [0, 0.1) is 0 Å². The molecule has 0 unspecified atom stereocenters. The predicted molar refractivity (Wildman–Crippen MR) is 148 cm³/mol. The van der Waals surface area contributed by atoms with Crippen LogP contribution in [0.1, 0.15) is 55.2 Å². The van der Waals surface area contributed by atoms with E-state index in [0.717, 1.165) is 0 Å². The highest BCUT2D eigenvalue weighted by atomic mass is 16.6. The Labute approximate surface area is 230 Å². The zero-order valence-electron chi connectivity index (χ0n) is 22.6. The van der Waals surface area contributed by atoms with Crippen LogP contribution in [0.2, 0.25) is 0 Å². The Morgan fingerprint density at radius 2 is 1.88 bits per heavy atom. The molecule has 14 heteroatoms. The number of hydrogen-bond acceptors (Lipinski definition) is 12. The first-order chi connectivity index (χ1) is 18.9. The van der Waals surface area contributed by atoms with Crippen molar-refractivity contribution in [2.75, 3.05) is 25.1 Å². The van der Waals surface area contributed by atoms with Gasteiger partial charge in [0.1, 0.15) is 17.4 Å². The SMILES string of the molecule is COC(=O)[C@H](CCCNC(=O)OC(C)(C)C)NC(=O)c1ccc(/C=C/c2cnc3nc(N)nc(N)c3n2)cc1O. The van der Waals surface area contributed by atoms with E-state index in [4.69, 9.17) is 20.9 Å². The van der Waals surface area contributed by atoms with Gasteiger partial charge in [-0.1, -0.05) is 12.1 Å². The van der Waals surface area contributed by atoms with Gasteiger partial charge in [-0.15, -0.1) is 0 Å². The van der Waals surface area contributed by atoms with Crippen molar-refractivity contribution in [3.05, 3.63) is 41.2 Å². The maximum atomic E-state index is 12.8. The third kappa shape index (κ3) is 8.24. The first-order valence-electron chi connectivity index (χ1n) is 12.3. The number of methoxy groups -OCH3 is 1. The van der Waals surface area contributed by atoms with Crippen LogP contribution in [0.15, 0.2) is 24.4 Å². The number of carbonyl (C=O) groups is 3. The summed E-state index contributed by atoms with van der Waals surface area (Å²) in [5.74, 6) is -1.53. The minimum atomic E-state index is -0.991. The lowest BCUT2D eigenvalue weighted by Crippen LogP contribution is -2.42. The van der Waals surface area contributed by atoms with E-state index in [1.165, 1.54) is 25.4 Å². The highest BCUT2D eigenvalue weighted by Gasteiger charge is 2.23. The monoisotopic (exact) mass is 552 g/mol. The lowest BCUT2D eigenvalue weighted by molar-refractivity contribution is -0.143. The van der Waals surface area contributed by atoms with Gasteiger partial charge < -0.3 is 36.7 Å². The molecule has 0 aliphatic heterocycles.